The average molecular weight is 576 g/mol. The van der Waals surface area contributed by atoms with Crippen molar-refractivity contribution in [2.45, 2.75) is 59.3 Å². The highest BCUT2D eigenvalue weighted by atomic mass is 16.5. The number of nitrogens with two attached hydrogens (primary N) is 3. The molecule has 0 saturated heterocycles. The molecule has 0 fully saturated rings. The normalized spacial score (nSPS) is 11.6. The minimum absolute atomic E-state index is 0.144. The van der Waals surface area contributed by atoms with E-state index in [0.29, 0.717) is 59.4 Å². The van der Waals surface area contributed by atoms with E-state index in [9.17, 15) is 9.59 Å². The van der Waals surface area contributed by atoms with Crippen LogP contribution in [0.2, 0.25) is 0 Å². The highest BCUT2D eigenvalue weighted by Crippen LogP contribution is 2.38. The van der Waals surface area contributed by atoms with Crippen LogP contribution in [-0.4, -0.2) is 38.1 Å². The molecule has 8 N–H and O–H groups in total. The molecule has 0 unspecified atom stereocenters. The molecule has 0 atom stereocenters. The monoisotopic (exact) mass is 575 g/mol. The van der Waals surface area contributed by atoms with Gasteiger partial charge in [0, 0.05) is 24.2 Å². The number of benzene rings is 3. The fourth-order valence-corrected chi connectivity index (χ4v) is 4.34. The molecule has 0 aliphatic rings. The molecular formula is C33H45N5O4. The topological polar surface area (TPSA) is 155 Å². The van der Waals surface area contributed by atoms with Gasteiger partial charge in [-0.05, 0) is 70.8 Å². The standard InChI is InChI=1S/C33H45N5O4/c1-20-15-23(32(2,3)4)18-26(28(20)41-13-11-34)37-30(39)21-9-8-10-22(16-21)31(40)38-27-19-24(33(5,6)7)17-25(36)29(27)42-14-12-35/h8-10,15-19H,11-14,34-36H2,1-7H3,(H,37,39)(H,38,40). The number of amides is 2. The first-order valence-corrected chi connectivity index (χ1v) is 14.1. The first-order valence-electron chi connectivity index (χ1n) is 14.1. The van der Waals surface area contributed by atoms with E-state index in [1.54, 1.807) is 24.3 Å². The number of hydrogen-bond acceptors (Lipinski definition) is 7. The Balaban J connectivity index is 1.93. The third-order valence-corrected chi connectivity index (χ3v) is 6.74. The largest absolute Gasteiger partial charge is 0.490 e. The van der Waals surface area contributed by atoms with Crippen molar-refractivity contribution in [2.75, 3.05) is 42.7 Å². The molecule has 0 aliphatic heterocycles. The van der Waals surface area contributed by atoms with Crippen molar-refractivity contribution in [3.8, 4) is 11.5 Å². The van der Waals surface area contributed by atoms with Gasteiger partial charge in [-0.15, -0.1) is 0 Å². The van der Waals surface area contributed by atoms with Crippen LogP contribution >= 0.6 is 0 Å². The summed E-state index contributed by atoms with van der Waals surface area (Å²) in [5.74, 6) is 0.135. The maximum Gasteiger partial charge on any atom is 0.255 e. The molecule has 226 valence electrons. The molecule has 9 nitrogen and oxygen atoms in total. The first-order chi connectivity index (χ1) is 19.6. The lowest BCUT2D eigenvalue weighted by molar-refractivity contribution is 0.102. The average Bonchev–Trinajstić information content (AvgIpc) is 2.91. The molecule has 3 aromatic rings. The Hall–Kier alpha value is -4.08. The van der Waals surface area contributed by atoms with Gasteiger partial charge in [0.1, 0.15) is 19.0 Å². The predicted octanol–water partition coefficient (Wildman–Crippen LogP) is 5.35. The highest BCUT2D eigenvalue weighted by Gasteiger charge is 2.22. The van der Waals surface area contributed by atoms with Gasteiger partial charge in [-0.25, -0.2) is 0 Å². The predicted molar refractivity (Wildman–Crippen MR) is 171 cm³/mol. The Morgan fingerprint density at radius 1 is 0.714 bits per heavy atom. The van der Waals surface area contributed by atoms with E-state index in [0.717, 1.165) is 16.7 Å². The second-order valence-corrected chi connectivity index (χ2v) is 12.4. The van der Waals surface area contributed by atoms with Crippen molar-refractivity contribution in [2.24, 2.45) is 11.5 Å². The van der Waals surface area contributed by atoms with Crippen LogP contribution in [0.5, 0.6) is 11.5 Å². The van der Waals surface area contributed by atoms with Crippen LogP contribution in [0.25, 0.3) is 0 Å². The summed E-state index contributed by atoms with van der Waals surface area (Å²) in [4.78, 5) is 26.9. The van der Waals surface area contributed by atoms with Gasteiger partial charge < -0.3 is 37.3 Å². The number of anilines is 3. The van der Waals surface area contributed by atoms with Crippen LogP contribution in [0.4, 0.5) is 17.1 Å². The lowest BCUT2D eigenvalue weighted by Gasteiger charge is -2.23. The number of ether oxygens (including phenoxy) is 2. The summed E-state index contributed by atoms with van der Waals surface area (Å²) < 4.78 is 11.7. The molecule has 0 heterocycles. The molecule has 3 rings (SSSR count). The zero-order valence-corrected chi connectivity index (χ0v) is 25.8. The fraction of sp³-hybridized carbons (Fsp3) is 0.394. The van der Waals surface area contributed by atoms with Crippen LogP contribution in [0, 0.1) is 6.92 Å². The number of nitrogens with one attached hydrogen (secondary N) is 2. The van der Waals surface area contributed by atoms with Gasteiger partial charge in [0.2, 0.25) is 0 Å². The molecule has 2 amide bonds. The summed E-state index contributed by atoms with van der Waals surface area (Å²) in [5, 5.41) is 5.90. The van der Waals surface area contributed by atoms with Gasteiger partial charge in [-0.3, -0.25) is 9.59 Å². The zero-order chi connectivity index (χ0) is 31.2. The van der Waals surface area contributed by atoms with E-state index in [1.807, 2.05) is 25.1 Å². The number of carbonyl (C=O) groups is 2. The number of nitrogen functional groups attached to an aromatic ring is 1. The van der Waals surface area contributed by atoms with Crippen molar-refractivity contribution in [3.63, 3.8) is 0 Å². The fourth-order valence-electron chi connectivity index (χ4n) is 4.34. The summed E-state index contributed by atoms with van der Waals surface area (Å²) in [5.41, 5.74) is 22.1. The van der Waals surface area contributed by atoms with Crippen molar-refractivity contribution in [3.05, 3.63) is 76.3 Å². The van der Waals surface area contributed by atoms with Crippen LogP contribution in [0.1, 0.15) is 78.9 Å². The zero-order valence-electron chi connectivity index (χ0n) is 25.8. The summed E-state index contributed by atoms with van der Waals surface area (Å²) in [7, 11) is 0. The summed E-state index contributed by atoms with van der Waals surface area (Å²) in [6.45, 7) is 15.6. The van der Waals surface area contributed by atoms with E-state index in [1.165, 1.54) is 0 Å². The van der Waals surface area contributed by atoms with E-state index >= 15 is 0 Å². The summed E-state index contributed by atoms with van der Waals surface area (Å²) >= 11 is 0. The second-order valence-electron chi connectivity index (χ2n) is 12.4. The maximum atomic E-state index is 13.4. The molecule has 0 spiro atoms. The number of hydrogen-bond donors (Lipinski definition) is 5. The number of aryl methyl sites for hydroxylation is 1. The van der Waals surface area contributed by atoms with Crippen LogP contribution in [0.3, 0.4) is 0 Å². The maximum absolute atomic E-state index is 13.4. The molecule has 0 bridgehead atoms. The van der Waals surface area contributed by atoms with Crippen LogP contribution in [-0.2, 0) is 10.8 Å². The third-order valence-electron chi connectivity index (χ3n) is 6.74. The molecular weight excluding hydrogens is 530 g/mol. The van der Waals surface area contributed by atoms with Gasteiger partial charge in [0.25, 0.3) is 11.8 Å². The lowest BCUT2D eigenvalue weighted by Crippen LogP contribution is -2.20. The van der Waals surface area contributed by atoms with Gasteiger partial charge in [0.15, 0.2) is 5.75 Å². The number of carbonyl (C=O) groups excluding carboxylic acids is 2. The number of rotatable bonds is 10. The molecule has 0 aromatic heterocycles. The molecule has 9 heteroatoms. The van der Waals surface area contributed by atoms with Crippen LogP contribution in [0.15, 0.2) is 48.5 Å². The van der Waals surface area contributed by atoms with Crippen molar-refractivity contribution < 1.29 is 19.1 Å². The van der Waals surface area contributed by atoms with Crippen LogP contribution < -0.4 is 37.3 Å². The van der Waals surface area contributed by atoms with Gasteiger partial charge in [-0.2, -0.15) is 0 Å². The Kier molecular flexibility index (Phi) is 10.2. The van der Waals surface area contributed by atoms with Gasteiger partial charge in [-0.1, -0.05) is 53.7 Å². The molecule has 0 radical (unpaired) electrons. The van der Waals surface area contributed by atoms with E-state index in [2.05, 4.69) is 58.2 Å². The smallest absolute Gasteiger partial charge is 0.255 e. The Morgan fingerprint density at radius 2 is 1.17 bits per heavy atom. The minimum Gasteiger partial charge on any atom is -0.490 e. The van der Waals surface area contributed by atoms with Crippen molar-refractivity contribution in [1.82, 2.24) is 0 Å². The third kappa shape index (κ3) is 8.02. The summed E-state index contributed by atoms with van der Waals surface area (Å²) in [6, 6.07) is 14.2. The van der Waals surface area contributed by atoms with E-state index in [-0.39, 0.29) is 23.3 Å². The minimum atomic E-state index is -0.412. The Morgan fingerprint density at radius 3 is 1.64 bits per heavy atom. The van der Waals surface area contributed by atoms with E-state index < -0.39 is 5.91 Å². The van der Waals surface area contributed by atoms with E-state index in [4.69, 9.17) is 26.7 Å². The lowest BCUT2D eigenvalue weighted by atomic mass is 9.85. The molecule has 0 saturated carbocycles. The van der Waals surface area contributed by atoms with Gasteiger partial charge in [0.05, 0.1) is 17.1 Å². The molecule has 42 heavy (non-hydrogen) atoms. The van der Waals surface area contributed by atoms with Crippen molar-refractivity contribution in [1.29, 1.82) is 0 Å². The quantitative estimate of drug-likeness (QED) is 0.204. The van der Waals surface area contributed by atoms with Crippen molar-refractivity contribution >= 4 is 28.9 Å². The Bertz CT molecular complexity index is 1330. The second kappa shape index (κ2) is 13.3. The highest BCUT2D eigenvalue weighted by molar-refractivity contribution is 6.09. The summed E-state index contributed by atoms with van der Waals surface area (Å²) in [6.07, 6.45) is 0. The van der Waals surface area contributed by atoms with Gasteiger partial charge >= 0.3 is 0 Å². The molecule has 0 aliphatic carbocycles. The Labute approximate surface area is 249 Å². The molecule has 3 aromatic carbocycles. The first kappa shape index (κ1) is 32.4. The SMILES string of the molecule is Cc1cc(C(C)(C)C)cc(NC(=O)c2cccc(C(=O)Nc3cc(C(C)(C)C)cc(N)c3OCCN)c2)c1OCCN.